The largest absolute Gasteiger partial charge is 0.393 e. The van der Waals surface area contributed by atoms with Crippen molar-refractivity contribution in [2.24, 2.45) is 0 Å². The topological polar surface area (TPSA) is 57.6 Å². The third kappa shape index (κ3) is 3.28. The van der Waals surface area contributed by atoms with Crippen LogP contribution in [0.25, 0.3) is 0 Å². The highest BCUT2D eigenvalue weighted by atomic mass is 32.2. The van der Waals surface area contributed by atoms with E-state index in [1.165, 1.54) is 22.7 Å². The van der Waals surface area contributed by atoms with Gasteiger partial charge < -0.3 is 5.11 Å². The van der Waals surface area contributed by atoms with Gasteiger partial charge in [-0.1, -0.05) is 0 Å². The first-order chi connectivity index (χ1) is 7.34. The Labute approximate surface area is 101 Å². The Morgan fingerprint density at radius 3 is 2.56 bits per heavy atom. The second-order valence-corrected chi connectivity index (χ2v) is 7.39. The Morgan fingerprint density at radius 2 is 2.12 bits per heavy atom. The van der Waals surface area contributed by atoms with E-state index in [1.54, 1.807) is 19.1 Å². The summed E-state index contributed by atoms with van der Waals surface area (Å²) >= 11 is 1.27. The first-order valence-electron chi connectivity index (χ1n) is 5.05. The van der Waals surface area contributed by atoms with Crippen LogP contribution >= 0.6 is 11.3 Å². The highest BCUT2D eigenvalue weighted by molar-refractivity contribution is 7.91. The molecule has 0 bridgehead atoms. The summed E-state index contributed by atoms with van der Waals surface area (Å²) in [6, 6.07) is 3.41. The quantitative estimate of drug-likeness (QED) is 0.874. The van der Waals surface area contributed by atoms with Crippen molar-refractivity contribution in [3.63, 3.8) is 0 Å². The van der Waals surface area contributed by atoms with E-state index in [9.17, 15) is 8.42 Å². The van der Waals surface area contributed by atoms with Gasteiger partial charge in [0.2, 0.25) is 0 Å². The molecule has 1 unspecified atom stereocenters. The SMILES string of the molecule is Cc1ccc(S(=O)(=O)N(C)CCC(C)O)s1. The van der Waals surface area contributed by atoms with Gasteiger partial charge in [-0.15, -0.1) is 11.3 Å². The van der Waals surface area contributed by atoms with Crippen molar-refractivity contribution >= 4 is 21.4 Å². The number of aliphatic hydroxyl groups is 1. The summed E-state index contributed by atoms with van der Waals surface area (Å²) in [6.45, 7) is 3.85. The summed E-state index contributed by atoms with van der Waals surface area (Å²) in [4.78, 5) is 0.975. The molecule has 0 aliphatic heterocycles. The molecule has 0 fully saturated rings. The molecule has 1 N–H and O–H groups in total. The molecule has 4 nitrogen and oxygen atoms in total. The average molecular weight is 263 g/mol. The van der Waals surface area contributed by atoms with E-state index in [0.29, 0.717) is 17.2 Å². The number of nitrogens with zero attached hydrogens (tertiary/aromatic N) is 1. The number of sulfonamides is 1. The molecule has 0 aromatic carbocycles. The minimum atomic E-state index is -3.37. The van der Waals surface area contributed by atoms with Crippen LogP contribution in [0, 0.1) is 6.92 Å². The molecule has 0 saturated heterocycles. The van der Waals surface area contributed by atoms with Crippen molar-refractivity contribution < 1.29 is 13.5 Å². The van der Waals surface area contributed by atoms with Crippen molar-refractivity contribution in [1.29, 1.82) is 0 Å². The zero-order chi connectivity index (χ0) is 12.3. The van der Waals surface area contributed by atoms with Gasteiger partial charge in [-0.25, -0.2) is 12.7 Å². The number of thiophene rings is 1. The van der Waals surface area contributed by atoms with Crippen LogP contribution in [-0.4, -0.2) is 37.5 Å². The summed E-state index contributed by atoms with van der Waals surface area (Å²) in [5.74, 6) is 0. The fraction of sp³-hybridized carbons (Fsp3) is 0.600. The molecule has 92 valence electrons. The molecule has 0 saturated carbocycles. The molecule has 0 aliphatic carbocycles. The second-order valence-electron chi connectivity index (χ2n) is 3.83. The Bertz CT molecular complexity index is 437. The van der Waals surface area contributed by atoms with Crippen molar-refractivity contribution in [3.8, 4) is 0 Å². The van der Waals surface area contributed by atoms with Gasteiger partial charge >= 0.3 is 0 Å². The number of rotatable bonds is 5. The van der Waals surface area contributed by atoms with Crippen molar-refractivity contribution in [3.05, 3.63) is 17.0 Å². The van der Waals surface area contributed by atoms with Crippen LogP contribution in [0.1, 0.15) is 18.2 Å². The van der Waals surface area contributed by atoms with Gasteiger partial charge in [0.1, 0.15) is 4.21 Å². The zero-order valence-corrected chi connectivity index (χ0v) is 11.3. The van der Waals surface area contributed by atoms with Crippen LogP contribution in [0.5, 0.6) is 0 Å². The highest BCUT2D eigenvalue weighted by Gasteiger charge is 2.22. The van der Waals surface area contributed by atoms with Crippen LogP contribution in [0.4, 0.5) is 0 Å². The van der Waals surface area contributed by atoms with E-state index in [1.807, 2.05) is 6.92 Å². The minimum absolute atomic E-state index is 0.330. The van der Waals surface area contributed by atoms with Crippen molar-refractivity contribution in [2.45, 2.75) is 30.6 Å². The van der Waals surface area contributed by atoms with E-state index < -0.39 is 16.1 Å². The summed E-state index contributed by atoms with van der Waals surface area (Å²) in [5, 5.41) is 9.12. The van der Waals surface area contributed by atoms with E-state index in [2.05, 4.69) is 0 Å². The molecular weight excluding hydrogens is 246 g/mol. The van der Waals surface area contributed by atoms with Gasteiger partial charge in [0.25, 0.3) is 10.0 Å². The fourth-order valence-electron chi connectivity index (χ4n) is 1.19. The fourth-order valence-corrected chi connectivity index (χ4v) is 3.87. The second kappa shape index (κ2) is 5.27. The van der Waals surface area contributed by atoms with Crippen LogP contribution < -0.4 is 0 Å². The van der Waals surface area contributed by atoms with E-state index in [4.69, 9.17) is 5.11 Å². The predicted octanol–water partition coefficient (Wildman–Crippen LogP) is 1.45. The maximum absolute atomic E-state index is 12.0. The van der Waals surface area contributed by atoms with Gasteiger partial charge in [-0.3, -0.25) is 0 Å². The number of hydrogen-bond acceptors (Lipinski definition) is 4. The van der Waals surface area contributed by atoms with Gasteiger partial charge in [-0.2, -0.15) is 0 Å². The molecule has 16 heavy (non-hydrogen) atoms. The van der Waals surface area contributed by atoms with Gasteiger partial charge in [-0.05, 0) is 32.4 Å². The third-order valence-electron chi connectivity index (χ3n) is 2.24. The van der Waals surface area contributed by atoms with Crippen molar-refractivity contribution in [2.75, 3.05) is 13.6 Å². The molecular formula is C10H17NO3S2. The summed E-state index contributed by atoms with van der Waals surface area (Å²) < 4.78 is 25.7. The monoisotopic (exact) mass is 263 g/mol. The number of hydrogen-bond donors (Lipinski definition) is 1. The minimum Gasteiger partial charge on any atom is -0.393 e. The normalized spacial score (nSPS) is 14.3. The molecule has 1 aromatic rings. The molecule has 1 rings (SSSR count). The Morgan fingerprint density at radius 1 is 1.50 bits per heavy atom. The average Bonchev–Trinajstić information content (AvgIpc) is 2.61. The zero-order valence-electron chi connectivity index (χ0n) is 9.67. The van der Waals surface area contributed by atoms with Crippen molar-refractivity contribution in [1.82, 2.24) is 4.31 Å². The van der Waals surface area contributed by atoms with Gasteiger partial charge in [0.05, 0.1) is 6.10 Å². The Balaban J connectivity index is 2.78. The predicted molar refractivity (Wildman–Crippen MR) is 65.2 cm³/mol. The molecule has 1 aromatic heterocycles. The lowest BCUT2D eigenvalue weighted by Crippen LogP contribution is -2.29. The molecule has 0 amide bonds. The van der Waals surface area contributed by atoms with Crippen LogP contribution in [0.2, 0.25) is 0 Å². The first kappa shape index (κ1) is 13.6. The molecule has 1 atom stereocenters. The lowest BCUT2D eigenvalue weighted by atomic mass is 10.3. The maximum Gasteiger partial charge on any atom is 0.252 e. The van der Waals surface area contributed by atoms with E-state index >= 15 is 0 Å². The molecule has 0 radical (unpaired) electrons. The lowest BCUT2D eigenvalue weighted by molar-refractivity contribution is 0.177. The maximum atomic E-state index is 12.0. The smallest absolute Gasteiger partial charge is 0.252 e. The molecule has 0 aliphatic rings. The van der Waals surface area contributed by atoms with Crippen LogP contribution in [-0.2, 0) is 10.0 Å². The Hall–Kier alpha value is -0.430. The molecule has 1 heterocycles. The summed E-state index contributed by atoms with van der Waals surface area (Å²) in [7, 11) is -1.84. The van der Waals surface area contributed by atoms with E-state index in [0.717, 1.165) is 4.88 Å². The standard InChI is InChI=1S/C10H17NO3S2/c1-8(12)6-7-11(3)16(13,14)10-5-4-9(2)15-10/h4-5,8,12H,6-7H2,1-3H3. The summed E-state index contributed by atoms with van der Waals surface area (Å²) in [6.07, 6.45) is -0.0391. The first-order valence-corrected chi connectivity index (χ1v) is 7.30. The number of aryl methyl sites for hydroxylation is 1. The van der Waals surface area contributed by atoms with Crippen LogP contribution in [0.15, 0.2) is 16.3 Å². The number of aliphatic hydroxyl groups excluding tert-OH is 1. The van der Waals surface area contributed by atoms with Gasteiger partial charge in [0.15, 0.2) is 0 Å². The molecule has 0 spiro atoms. The summed E-state index contributed by atoms with van der Waals surface area (Å²) in [5.41, 5.74) is 0. The third-order valence-corrected chi connectivity index (χ3v) is 5.57. The van der Waals surface area contributed by atoms with Crippen LogP contribution in [0.3, 0.4) is 0 Å². The van der Waals surface area contributed by atoms with Gasteiger partial charge in [0, 0.05) is 18.5 Å². The van der Waals surface area contributed by atoms with E-state index in [-0.39, 0.29) is 0 Å². The Kier molecular flexibility index (Phi) is 4.49. The lowest BCUT2D eigenvalue weighted by Gasteiger charge is -2.16. The highest BCUT2D eigenvalue weighted by Crippen LogP contribution is 2.23. The molecule has 6 heteroatoms.